The Bertz CT molecular complexity index is 440. The maximum atomic E-state index is 11.1. The summed E-state index contributed by atoms with van der Waals surface area (Å²) in [5.74, 6) is 2.20. The fourth-order valence-electron chi connectivity index (χ4n) is 1.48. The number of hydrogen-bond donors (Lipinski definition) is 1. The molecule has 0 fully saturated rings. The zero-order valence-electron chi connectivity index (χ0n) is 11.3. The number of aryl methyl sites for hydroxylation is 1. The molecule has 1 heterocycles. The number of aromatic nitrogens is 2. The zero-order valence-corrected chi connectivity index (χ0v) is 12.9. The average molecular weight is 290 g/mol. The molecule has 0 saturated heterocycles. The van der Waals surface area contributed by atoms with E-state index in [1.807, 2.05) is 20.8 Å². The monoisotopic (exact) mass is 289 g/mol. The number of anilines is 1. The third-order valence-corrected chi connectivity index (χ3v) is 3.85. The lowest BCUT2D eigenvalue weighted by Crippen LogP contribution is -2.20. The topological polar surface area (TPSA) is 54.9 Å². The summed E-state index contributed by atoms with van der Waals surface area (Å²) in [6.45, 7) is 5.94. The van der Waals surface area contributed by atoms with Gasteiger partial charge in [0.25, 0.3) is 0 Å². The quantitative estimate of drug-likeness (QED) is 0.818. The fourth-order valence-corrected chi connectivity index (χ4v) is 2.35. The number of hydrogen-bond acceptors (Lipinski definition) is 4. The molecule has 1 aromatic heterocycles. The Labute approximate surface area is 116 Å². The van der Waals surface area contributed by atoms with Gasteiger partial charge in [-0.2, -0.15) is 0 Å². The number of nitrogens with one attached hydrogen (secondary N) is 1. The largest absolute Gasteiger partial charge is 0.367 e. The molecular formula is C12H20ClN3OS. The van der Waals surface area contributed by atoms with Gasteiger partial charge in [0.15, 0.2) is 0 Å². The van der Waals surface area contributed by atoms with Crippen molar-refractivity contribution in [3.8, 4) is 0 Å². The minimum Gasteiger partial charge on any atom is -0.367 e. The summed E-state index contributed by atoms with van der Waals surface area (Å²) in [5.41, 5.74) is 0.860. The SMILES string of the molecule is CCc1nc(Cl)c(C)c(NC(C)CCS(C)=O)n1. The van der Waals surface area contributed by atoms with Crippen molar-refractivity contribution in [3.63, 3.8) is 0 Å². The Hall–Kier alpha value is -0.680. The second-order valence-electron chi connectivity index (χ2n) is 4.37. The lowest BCUT2D eigenvalue weighted by atomic mass is 10.2. The van der Waals surface area contributed by atoms with Gasteiger partial charge in [-0.15, -0.1) is 0 Å². The van der Waals surface area contributed by atoms with E-state index in [4.69, 9.17) is 11.6 Å². The molecule has 0 radical (unpaired) electrons. The molecule has 0 spiro atoms. The molecule has 0 saturated carbocycles. The summed E-state index contributed by atoms with van der Waals surface area (Å²) in [6.07, 6.45) is 3.31. The first-order valence-electron chi connectivity index (χ1n) is 6.03. The Morgan fingerprint density at radius 1 is 1.44 bits per heavy atom. The van der Waals surface area contributed by atoms with Crippen LogP contribution in [-0.2, 0) is 17.2 Å². The first-order valence-corrected chi connectivity index (χ1v) is 8.14. The van der Waals surface area contributed by atoms with E-state index in [0.717, 1.165) is 30.0 Å². The van der Waals surface area contributed by atoms with Gasteiger partial charge >= 0.3 is 0 Å². The van der Waals surface area contributed by atoms with Crippen LogP contribution >= 0.6 is 11.6 Å². The Morgan fingerprint density at radius 3 is 2.67 bits per heavy atom. The third-order valence-electron chi connectivity index (χ3n) is 2.67. The van der Waals surface area contributed by atoms with E-state index in [-0.39, 0.29) is 6.04 Å². The summed E-state index contributed by atoms with van der Waals surface area (Å²) in [7, 11) is -0.759. The molecule has 6 heteroatoms. The minimum atomic E-state index is -0.759. The van der Waals surface area contributed by atoms with Gasteiger partial charge in [0.05, 0.1) is 0 Å². The number of halogens is 1. The van der Waals surface area contributed by atoms with Crippen molar-refractivity contribution in [2.75, 3.05) is 17.3 Å². The van der Waals surface area contributed by atoms with Gasteiger partial charge in [-0.1, -0.05) is 18.5 Å². The summed E-state index contributed by atoms with van der Waals surface area (Å²) >= 11 is 6.07. The van der Waals surface area contributed by atoms with Crippen molar-refractivity contribution < 1.29 is 4.21 Å². The molecule has 2 unspecified atom stereocenters. The second kappa shape index (κ2) is 7.04. The Balaban J connectivity index is 2.76. The molecule has 1 N–H and O–H groups in total. The molecule has 2 atom stereocenters. The molecule has 0 aliphatic rings. The predicted molar refractivity (Wildman–Crippen MR) is 77.8 cm³/mol. The van der Waals surface area contributed by atoms with E-state index >= 15 is 0 Å². The first-order chi connectivity index (χ1) is 8.43. The average Bonchev–Trinajstić information content (AvgIpc) is 2.32. The van der Waals surface area contributed by atoms with Gasteiger partial charge in [-0.25, -0.2) is 9.97 Å². The molecular weight excluding hydrogens is 270 g/mol. The normalized spacial score (nSPS) is 14.3. The highest BCUT2D eigenvalue weighted by atomic mass is 35.5. The van der Waals surface area contributed by atoms with Crippen LogP contribution in [0.2, 0.25) is 5.15 Å². The van der Waals surface area contributed by atoms with Crippen LogP contribution in [0.25, 0.3) is 0 Å². The van der Waals surface area contributed by atoms with Gasteiger partial charge in [-0.05, 0) is 20.3 Å². The van der Waals surface area contributed by atoms with Crippen LogP contribution in [-0.4, -0.2) is 32.2 Å². The van der Waals surface area contributed by atoms with Crippen molar-refractivity contribution in [2.45, 2.75) is 39.7 Å². The van der Waals surface area contributed by atoms with Crippen LogP contribution in [0.4, 0.5) is 5.82 Å². The van der Waals surface area contributed by atoms with E-state index in [1.165, 1.54) is 0 Å². The fraction of sp³-hybridized carbons (Fsp3) is 0.667. The third kappa shape index (κ3) is 4.53. The van der Waals surface area contributed by atoms with E-state index in [0.29, 0.717) is 10.9 Å². The van der Waals surface area contributed by atoms with Gasteiger partial charge in [-0.3, -0.25) is 4.21 Å². The van der Waals surface area contributed by atoms with Crippen LogP contribution in [0.5, 0.6) is 0 Å². The van der Waals surface area contributed by atoms with Crippen molar-refractivity contribution in [1.29, 1.82) is 0 Å². The number of rotatable bonds is 6. The van der Waals surface area contributed by atoms with Crippen molar-refractivity contribution in [2.24, 2.45) is 0 Å². The zero-order chi connectivity index (χ0) is 13.7. The van der Waals surface area contributed by atoms with E-state index in [1.54, 1.807) is 6.26 Å². The predicted octanol–water partition coefficient (Wildman–Crippen LogP) is 2.57. The summed E-state index contributed by atoms with van der Waals surface area (Å²) in [5, 5.41) is 3.81. The van der Waals surface area contributed by atoms with Crippen LogP contribution in [0, 0.1) is 6.92 Å². The van der Waals surface area contributed by atoms with Gasteiger partial charge in [0.1, 0.15) is 16.8 Å². The molecule has 0 amide bonds. The molecule has 1 rings (SSSR count). The van der Waals surface area contributed by atoms with E-state index in [2.05, 4.69) is 15.3 Å². The minimum absolute atomic E-state index is 0.211. The second-order valence-corrected chi connectivity index (χ2v) is 6.28. The lowest BCUT2D eigenvalue weighted by Gasteiger charge is -2.16. The molecule has 0 aromatic carbocycles. The van der Waals surface area contributed by atoms with Crippen molar-refractivity contribution in [1.82, 2.24) is 9.97 Å². The molecule has 0 bridgehead atoms. The first kappa shape index (κ1) is 15.4. The van der Waals surface area contributed by atoms with E-state index in [9.17, 15) is 4.21 Å². The van der Waals surface area contributed by atoms with Gasteiger partial charge in [0.2, 0.25) is 0 Å². The maximum Gasteiger partial charge on any atom is 0.137 e. The Kier molecular flexibility index (Phi) is 6.02. The van der Waals surface area contributed by atoms with E-state index < -0.39 is 10.8 Å². The molecule has 1 aromatic rings. The highest BCUT2D eigenvalue weighted by Crippen LogP contribution is 2.21. The smallest absolute Gasteiger partial charge is 0.137 e. The molecule has 0 aliphatic heterocycles. The molecule has 18 heavy (non-hydrogen) atoms. The maximum absolute atomic E-state index is 11.1. The van der Waals surface area contributed by atoms with Crippen LogP contribution < -0.4 is 5.32 Å². The van der Waals surface area contributed by atoms with Crippen LogP contribution in [0.1, 0.15) is 31.7 Å². The van der Waals surface area contributed by atoms with Crippen LogP contribution in [0.15, 0.2) is 0 Å². The summed E-state index contributed by atoms with van der Waals surface area (Å²) < 4.78 is 11.1. The number of nitrogens with zero attached hydrogens (tertiary/aromatic N) is 2. The Morgan fingerprint density at radius 2 is 2.11 bits per heavy atom. The van der Waals surface area contributed by atoms with Gasteiger partial charge in [0, 0.05) is 40.8 Å². The molecule has 102 valence electrons. The summed E-state index contributed by atoms with van der Waals surface area (Å²) in [4.78, 5) is 8.64. The summed E-state index contributed by atoms with van der Waals surface area (Å²) in [6, 6.07) is 0.211. The van der Waals surface area contributed by atoms with Crippen LogP contribution in [0.3, 0.4) is 0 Å². The molecule has 4 nitrogen and oxygen atoms in total. The van der Waals surface area contributed by atoms with Crippen molar-refractivity contribution in [3.05, 3.63) is 16.5 Å². The molecule has 0 aliphatic carbocycles. The highest BCUT2D eigenvalue weighted by Gasteiger charge is 2.11. The van der Waals surface area contributed by atoms with Crippen molar-refractivity contribution >= 4 is 28.2 Å². The lowest BCUT2D eigenvalue weighted by molar-refractivity contribution is 0.678. The van der Waals surface area contributed by atoms with Gasteiger partial charge < -0.3 is 5.32 Å². The standard InChI is InChI=1S/C12H20ClN3OS/c1-5-10-15-11(13)9(3)12(16-10)14-8(2)6-7-18(4)17/h8H,5-7H2,1-4H3,(H,14,15,16). The highest BCUT2D eigenvalue weighted by molar-refractivity contribution is 7.84.